The molecule has 5 heteroatoms. The largest absolute Gasteiger partial charge is 0.486 e. The van der Waals surface area contributed by atoms with Gasteiger partial charge in [0.15, 0.2) is 11.5 Å². The summed E-state index contributed by atoms with van der Waals surface area (Å²) in [5.74, 6) is 1.95. The van der Waals surface area contributed by atoms with E-state index in [-0.39, 0.29) is 5.91 Å². The molecule has 2 aromatic rings. The Morgan fingerprint density at radius 1 is 1.20 bits per heavy atom. The third-order valence-electron chi connectivity index (χ3n) is 4.84. The molecule has 2 aliphatic heterocycles. The third-order valence-corrected chi connectivity index (χ3v) is 4.84. The summed E-state index contributed by atoms with van der Waals surface area (Å²) in [5, 5.41) is 0. The van der Waals surface area contributed by atoms with Crippen LogP contribution < -0.4 is 9.47 Å². The topological polar surface area (TPSA) is 51.7 Å². The highest BCUT2D eigenvalue weighted by Gasteiger charge is 2.25. The van der Waals surface area contributed by atoms with Crippen LogP contribution in [0, 0.1) is 5.92 Å². The Hall–Kier alpha value is -2.56. The van der Waals surface area contributed by atoms with Crippen LogP contribution in [0.5, 0.6) is 11.5 Å². The van der Waals surface area contributed by atoms with Crippen molar-refractivity contribution in [3.05, 3.63) is 53.9 Å². The molecule has 2 aliphatic rings. The standard InChI is InChI=1S/C20H22N2O3/c23-20(17-5-6-18-19(12-17)25-10-9-24-18)22-8-2-4-16(14-22)11-15-3-1-7-21-13-15/h1,3,5-7,12-13,16H,2,4,8-11,14H2. The molecule has 3 heterocycles. The Balaban J connectivity index is 1.44. The summed E-state index contributed by atoms with van der Waals surface area (Å²) in [6.45, 7) is 2.70. The number of pyridine rings is 1. The van der Waals surface area contributed by atoms with Crippen LogP contribution in [-0.2, 0) is 6.42 Å². The minimum Gasteiger partial charge on any atom is -0.486 e. The summed E-state index contributed by atoms with van der Waals surface area (Å²) in [6.07, 6.45) is 6.88. The fourth-order valence-electron chi connectivity index (χ4n) is 3.63. The summed E-state index contributed by atoms with van der Waals surface area (Å²) < 4.78 is 11.1. The van der Waals surface area contributed by atoms with Crippen molar-refractivity contribution in [3.8, 4) is 11.5 Å². The highest BCUT2D eigenvalue weighted by atomic mass is 16.6. The van der Waals surface area contributed by atoms with E-state index >= 15 is 0 Å². The quantitative estimate of drug-likeness (QED) is 0.863. The van der Waals surface area contributed by atoms with Crippen LogP contribution in [0.2, 0.25) is 0 Å². The zero-order valence-electron chi connectivity index (χ0n) is 14.2. The Kier molecular flexibility index (Phi) is 4.55. The van der Waals surface area contributed by atoms with E-state index in [1.54, 1.807) is 6.20 Å². The SMILES string of the molecule is O=C(c1ccc2c(c1)OCCO2)N1CCCC(Cc2cccnc2)C1. The smallest absolute Gasteiger partial charge is 0.254 e. The Morgan fingerprint density at radius 2 is 2.08 bits per heavy atom. The molecule has 4 rings (SSSR count). The maximum Gasteiger partial charge on any atom is 0.254 e. The summed E-state index contributed by atoms with van der Waals surface area (Å²) in [4.78, 5) is 19.1. The first-order chi connectivity index (χ1) is 12.3. The van der Waals surface area contributed by atoms with Crippen LogP contribution in [0.1, 0.15) is 28.8 Å². The number of aromatic nitrogens is 1. The lowest BCUT2D eigenvalue weighted by atomic mass is 9.91. The van der Waals surface area contributed by atoms with Crippen molar-refractivity contribution < 1.29 is 14.3 Å². The highest BCUT2D eigenvalue weighted by Crippen LogP contribution is 2.31. The number of ether oxygens (including phenoxy) is 2. The molecular formula is C20H22N2O3. The van der Waals surface area contributed by atoms with Crippen molar-refractivity contribution >= 4 is 5.91 Å². The van der Waals surface area contributed by atoms with Gasteiger partial charge >= 0.3 is 0 Å². The summed E-state index contributed by atoms with van der Waals surface area (Å²) in [6, 6.07) is 9.55. The average Bonchev–Trinajstić information content (AvgIpc) is 2.68. The number of hydrogen-bond acceptors (Lipinski definition) is 4. The average molecular weight is 338 g/mol. The molecule has 0 saturated carbocycles. The van der Waals surface area contributed by atoms with Gasteiger partial charge in [-0.25, -0.2) is 0 Å². The summed E-state index contributed by atoms with van der Waals surface area (Å²) in [5.41, 5.74) is 1.91. The number of piperidine rings is 1. The molecule has 1 aromatic carbocycles. The van der Waals surface area contributed by atoms with E-state index in [4.69, 9.17) is 9.47 Å². The van der Waals surface area contributed by atoms with Gasteiger partial charge in [0, 0.05) is 31.0 Å². The molecule has 130 valence electrons. The fourth-order valence-corrected chi connectivity index (χ4v) is 3.63. The van der Waals surface area contributed by atoms with Gasteiger partial charge in [0.25, 0.3) is 5.91 Å². The molecule has 1 atom stereocenters. The molecular weight excluding hydrogens is 316 g/mol. The Labute approximate surface area is 147 Å². The maximum absolute atomic E-state index is 12.9. The van der Waals surface area contributed by atoms with Crippen molar-refractivity contribution in [1.29, 1.82) is 0 Å². The molecule has 1 amide bonds. The maximum atomic E-state index is 12.9. The second kappa shape index (κ2) is 7.13. The van der Waals surface area contributed by atoms with Crippen molar-refractivity contribution in [1.82, 2.24) is 9.88 Å². The number of benzene rings is 1. The van der Waals surface area contributed by atoms with Gasteiger partial charge in [-0.2, -0.15) is 0 Å². The predicted molar refractivity (Wildman–Crippen MR) is 94.0 cm³/mol. The number of carbonyl (C=O) groups excluding carboxylic acids is 1. The van der Waals surface area contributed by atoms with Crippen LogP contribution in [0.15, 0.2) is 42.7 Å². The molecule has 1 fully saturated rings. The normalized spacial score (nSPS) is 19.5. The van der Waals surface area contributed by atoms with Gasteiger partial charge in [0.1, 0.15) is 13.2 Å². The van der Waals surface area contributed by atoms with Crippen LogP contribution in [-0.4, -0.2) is 42.1 Å². The molecule has 0 N–H and O–H groups in total. The number of rotatable bonds is 3. The zero-order chi connectivity index (χ0) is 17.1. The van der Waals surface area contributed by atoms with Crippen molar-refractivity contribution in [3.63, 3.8) is 0 Å². The van der Waals surface area contributed by atoms with Gasteiger partial charge in [-0.1, -0.05) is 6.07 Å². The van der Waals surface area contributed by atoms with E-state index in [2.05, 4.69) is 11.1 Å². The van der Waals surface area contributed by atoms with Crippen LogP contribution in [0.4, 0.5) is 0 Å². The zero-order valence-corrected chi connectivity index (χ0v) is 14.2. The van der Waals surface area contributed by atoms with Crippen LogP contribution in [0.25, 0.3) is 0 Å². The molecule has 0 aliphatic carbocycles. The van der Waals surface area contributed by atoms with E-state index < -0.39 is 0 Å². The fraction of sp³-hybridized carbons (Fsp3) is 0.400. The molecule has 5 nitrogen and oxygen atoms in total. The first-order valence-electron chi connectivity index (χ1n) is 8.87. The Morgan fingerprint density at radius 3 is 2.92 bits per heavy atom. The number of nitrogens with zero attached hydrogens (tertiary/aromatic N) is 2. The van der Waals surface area contributed by atoms with Gasteiger partial charge in [-0.3, -0.25) is 9.78 Å². The van der Waals surface area contributed by atoms with E-state index in [0.717, 1.165) is 38.1 Å². The van der Waals surface area contributed by atoms with Crippen LogP contribution in [0.3, 0.4) is 0 Å². The monoisotopic (exact) mass is 338 g/mol. The molecule has 1 unspecified atom stereocenters. The second-order valence-corrected chi connectivity index (χ2v) is 6.68. The van der Waals surface area contributed by atoms with E-state index in [0.29, 0.717) is 30.4 Å². The summed E-state index contributed by atoms with van der Waals surface area (Å²) >= 11 is 0. The minimum absolute atomic E-state index is 0.0767. The van der Waals surface area contributed by atoms with Gasteiger partial charge < -0.3 is 14.4 Å². The lowest BCUT2D eigenvalue weighted by Gasteiger charge is -2.33. The molecule has 0 radical (unpaired) electrons. The van der Waals surface area contributed by atoms with Crippen molar-refractivity contribution in [2.45, 2.75) is 19.3 Å². The molecule has 0 spiro atoms. The lowest BCUT2D eigenvalue weighted by molar-refractivity contribution is 0.0672. The minimum atomic E-state index is 0.0767. The highest BCUT2D eigenvalue weighted by molar-refractivity contribution is 5.95. The molecule has 1 saturated heterocycles. The van der Waals surface area contributed by atoms with Gasteiger partial charge in [0.2, 0.25) is 0 Å². The van der Waals surface area contributed by atoms with Gasteiger partial charge in [-0.05, 0) is 55.0 Å². The van der Waals surface area contributed by atoms with E-state index in [9.17, 15) is 4.79 Å². The number of fused-ring (bicyclic) bond motifs is 1. The molecule has 25 heavy (non-hydrogen) atoms. The third kappa shape index (κ3) is 3.60. The Bertz CT molecular complexity index is 748. The van der Waals surface area contributed by atoms with Crippen molar-refractivity contribution in [2.75, 3.05) is 26.3 Å². The van der Waals surface area contributed by atoms with Gasteiger partial charge in [0.05, 0.1) is 0 Å². The second-order valence-electron chi connectivity index (χ2n) is 6.68. The van der Waals surface area contributed by atoms with Crippen molar-refractivity contribution in [2.24, 2.45) is 5.92 Å². The van der Waals surface area contributed by atoms with E-state index in [1.807, 2.05) is 35.4 Å². The number of likely N-dealkylation sites (tertiary alicyclic amines) is 1. The van der Waals surface area contributed by atoms with E-state index in [1.165, 1.54) is 5.56 Å². The first kappa shape index (κ1) is 15.9. The predicted octanol–water partition coefficient (Wildman–Crippen LogP) is 2.95. The van der Waals surface area contributed by atoms with Gasteiger partial charge in [-0.15, -0.1) is 0 Å². The summed E-state index contributed by atoms with van der Waals surface area (Å²) in [7, 11) is 0. The number of hydrogen-bond donors (Lipinski definition) is 0. The van der Waals surface area contributed by atoms with Crippen LogP contribution >= 0.6 is 0 Å². The molecule has 0 bridgehead atoms. The lowest BCUT2D eigenvalue weighted by Crippen LogP contribution is -2.40. The first-order valence-corrected chi connectivity index (χ1v) is 8.87. The number of carbonyl (C=O) groups is 1. The molecule has 1 aromatic heterocycles. The number of amides is 1.